The lowest BCUT2D eigenvalue weighted by Crippen LogP contribution is -2.37. The molecule has 3 aromatic heterocycles. The zero-order chi connectivity index (χ0) is 22.9. The number of carbonyl (C=O) groups excluding carboxylic acids is 1. The monoisotopic (exact) mass is 469 g/mol. The van der Waals surface area contributed by atoms with E-state index >= 15 is 0 Å². The van der Waals surface area contributed by atoms with E-state index in [0.29, 0.717) is 16.5 Å². The second kappa shape index (κ2) is 8.76. The molecule has 0 N–H and O–H groups in total. The lowest BCUT2D eigenvalue weighted by Gasteiger charge is -2.27. The van der Waals surface area contributed by atoms with Gasteiger partial charge in [-0.25, -0.2) is 9.78 Å². The first-order valence-corrected chi connectivity index (χ1v) is 10.7. The maximum atomic E-state index is 13.2. The van der Waals surface area contributed by atoms with Crippen LogP contribution in [0.1, 0.15) is 26.3 Å². The van der Waals surface area contributed by atoms with Crippen molar-refractivity contribution in [2.24, 2.45) is 0 Å². The van der Waals surface area contributed by atoms with Crippen LogP contribution < -0.4 is 4.90 Å². The van der Waals surface area contributed by atoms with Crippen molar-refractivity contribution in [3.8, 4) is 11.3 Å². The molecule has 0 saturated heterocycles. The third kappa shape index (κ3) is 4.84. The van der Waals surface area contributed by atoms with Gasteiger partial charge in [0.1, 0.15) is 21.6 Å². The largest absolute Gasteiger partial charge is 0.443 e. The maximum Gasteiger partial charge on any atom is 0.416 e. The summed E-state index contributed by atoms with van der Waals surface area (Å²) in [6.45, 7) is 5.66. The highest BCUT2D eigenvalue weighted by Gasteiger charge is 2.27. The Morgan fingerprint density at radius 3 is 2.53 bits per heavy atom. The van der Waals surface area contributed by atoms with E-state index in [1.54, 1.807) is 12.3 Å². The standard InChI is InChI=1S/C23H21Cl2N5O2/c1-23(2,3)32-22(31)29(20-12-19(25)28-21-17(24)13-27-30(20)21)14-15-7-9-16(10-8-15)18-6-4-5-11-26-18/h4-13H,14H2,1-3H3. The van der Waals surface area contributed by atoms with Crippen molar-refractivity contribution < 1.29 is 9.53 Å². The number of carbonyl (C=O) groups is 1. The summed E-state index contributed by atoms with van der Waals surface area (Å²) in [5.74, 6) is 0.398. The Morgan fingerprint density at radius 2 is 1.88 bits per heavy atom. The molecule has 1 aromatic carbocycles. The van der Waals surface area contributed by atoms with Gasteiger partial charge in [-0.3, -0.25) is 9.88 Å². The summed E-state index contributed by atoms with van der Waals surface area (Å²) >= 11 is 12.4. The first kappa shape index (κ1) is 22.0. The zero-order valence-electron chi connectivity index (χ0n) is 17.8. The van der Waals surface area contributed by atoms with Crippen LogP contribution in [0, 0.1) is 0 Å². The summed E-state index contributed by atoms with van der Waals surface area (Å²) in [6.07, 6.45) is 2.67. The summed E-state index contributed by atoms with van der Waals surface area (Å²) in [6, 6.07) is 15.1. The molecule has 4 aromatic rings. The SMILES string of the molecule is CC(C)(C)OC(=O)N(Cc1ccc(-c2ccccn2)cc1)c1cc(Cl)nc2c(Cl)cnn12. The maximum absolute atomic E-state index is 13.2. The number of amides is 1. The molecular formula is C23H21Cl2N5O2. The van der Waals surface area contributed by atoms with Crippen LogP contribution in [0.15, 0.2) is 60.9 Å². The molecule has 32 heavy (non-hydrogen) atoms. The molecule has 0 saturated carbocycles. The first-order chi connectivity index (χ1) is 15.2. The lowest BCUT2D eigenvalue weighted by molar-refractivity contribution is 0.0575. The molecule has 3 heterocycles. The molecule has 4 rings (SSSR count). The molecule has 0 aliphatic rings. The van der Waals surface area contributed by atoms with Gasteiger partial charge in [-0.05, 0) is 38.5 Å². The molecule has 0 radical (unpaired) electrons. The Balaban J connectivity index is 1.72. The average Bonchev–Trinajstić information content (AvgIpc) is 3.12. The second-order valence-electron chi connectivity index (χ2n) is 8.14. The molecule has 0 fully saturated rings. The van der Waals surface area contributed by atoms with Gasteiger partial charge in [0, 0.05) is 17.8 Å². The number of benzene rings is 1. The van der Waals surface area contributed by atoms with Crippen molar-refractivity contribution in [3.63, 3.8) is 0 Å². The summed E-state index contributed by atoms with van der Waals surface area (Å²) in [5, 5.41) is 4.78. The molecule has 1 amide bonds. The molecule has 0 unspecified atom stereocenters. The molecule has 0 bridgehead atoms. The van der Waals surface area contributed by atoms with Crippen LogP contribution in [0.2, 0.25) is 10.2 Å². The summed E-state index contributed by atoms with van der Waals surface area (Å²) in [7, 11) is 0. The van der Waals surface area contributed by atoms with Crippen LogP contribution in [0.4, 0.5) is 10.6 Å². The molecular weight excluding hydrogens is 449 g/mol. The van der Waals surface area contributed by atoms with Gasteiger partial charge in [-0.2, -0.15) is 9.61 Å². The number of rotatable bonds is 4. The van der Waals surface area contributed by atoms with Crippen LogP contribution in [-0.4, -0.2) is 31.3 Å². The Kier molecular flexibility index (Phi) is 6.04. The minimum atomic E-state index is -0.685. The van der Waals surface area contributed by atoms with E-state index in [2.05, 4.69) is 15.1 Å². The van der Waals surface area contributed by atoms with Crippen molar-refractivity contribution in [1.29, 1.82) is 0 Å². The van der Waals surface area contributed by atoms with Crippen molar-refractivity contribution in [1.82, 2.24) is 19.6 Å². The highest BCUT2D eigenvalue weighted by molar-refractivity contribution is 6.34. The lowest BCUT2D eigenvalue weighted by atomic mass is 10.1. The zero-order valence-corrected chi connectivity index (χ0v) is 19.3. The Bertz CT molecular complexity index is 1250. The van der Waals surface area contributed by atoms with Crippen LogP contribution in [0.25, 0.3) is 16.9 Å². The number of nitrogens with zero attached hydrogens (tertiary/aromatic N) is 5. The van der Waals surface area contributed by atoms with Crippen LogP contribution in [-0.2, 0) is 11.3 Å². The Hall–Kier alpha value is -3.16. The van der Waals surface area contributed by atoms with Gasteiger partial charge in [-0.1, -0.05) is 53.5 Å². The number of hydrogen-bond acceptors (Lipinski definition) is 5. The normalized spacial score (nSPS) is 11.5. The van der Waals surface area contributed by atoms with Crippen molar-refractivity contribution in [2.45, 2.75) is 32.9 Å². The summed E-state index contributed by atoms with van der Waals surface area (Å²) < 4.78 is 7.13. The second-order valence-corrected chi connectivity index (χ2v) is 8.94. The van der Waals surface area contributed by atoms with Gasteiger partial charge in [0.25, 0.3) is 0 Å². The quantitative estimate of drug-likeness (QED) is 0.340. The topological polar surface area (TPSA) is 72.6 Å². The number of anilines is 1. The van der Waals surface area contributed by atoms with Crippen molar-refractivity contribution >= 4 is 40.8 Å². The molecule has 9 heteroatoms. The van der Waals surface area contributed by atoms with Crippen molar-refractivity contribution in [2.75, 3.05) is 4.90 Å². The van der Waals surface area contributed by atoms with E-state index < -0.39 is 11.7 Å². The van der Waals surface area contributed by atoms with Gasteiger partial charge < -0.3 is 4.74 Å². The Labute approximate surface area is 195 Å². The molecule has 7 nitrogen and oxygen atoms in total. The van der Waals surface area contributed by atoms with Gasteiger partial charge in [0.15, 0.2) is 5.65 Å². The van der Waals surface area contributed by atoms with Gasteiger partial charge in [-0.15, -0.1) is 0 Å². The van der Waals surface area contributed by atoms with Crippen LogP contribution >= 0.6 is 23.2 Å². The smallest absolute Gasteiger partial charge is 0.416 e. The predicted octanol–water partition coefficient (Wildman–Crippen LogP) is 6.04. The van der Waals surface area contributed by atoms with E-state index in [1.165, 1.54) is 15.6 Å². The Morgan fingerprint density at radius 1 is 1.12 bits per heavy atom. The average molecular weight is 470 g/mol. The third-order valence-electron chi connectivity index (χ3n) is 4.52. The minimum absolute atomic E-state index is 0.189. The summed E-state index contributed by atoms with van der Waals surface area (Å²) in [5.41, 5.74) is 2.40. The van der Waals surface area contributed by atoms with Gasteiger partial charge in [0.05, 0.1) is 18.4 Å². The fourth-order valence-corrected chi connectivity index (χ4v) is 3.48. The van der Waals surface area contributed by atoms with E-state index in [9.17, 15) is 4.79 Å². The highest BCUT2D eigenvalue weighted by atomic mass is 35.5. The number of aromatic nitrogens is 4. The molecule has 164 valence electrons. The molecule has 0 atom stereocenters. The van der Waals surface area contributed by atoms with E-state index in [0.717, 1.165) is 16.8 Å². The van der Waals surface area contributed by atoms with Gasteiger partial charge >= 0.3 is 6.09 Å². The first-order valence-electron chi connectivity index (χ1n) is 9.92. The minimum Gasteiger partial charge on any atom is -0.443 e. The number of hydrogen-bond donors (Lipinski definition) is 0. The van der Waals surface area contributed by atoms with Crippen molar-refractivity contribution in [3.05, 3.63) is 76.7 Å². The molecule has 0 aliphatic heterocycles. The van der Waals surface area contributed by atoms with E-state index in [-0.39, 0.29) is 11.7 Å². The fourth-order valence-electron chi connectivity index (χ4n) is 3.14. The number of ether oxygens (including phenoxy) is 1. The van der Waals surface area contributed by atoms with E-state index in [4.69, 9.17) is 27.9 Å². The highest BCUT2D eigenvalue weighted by Crippen LogP contribution is 2.27. The van der Waals surface area contributed by atoms with Gasteiger partial charge in [0.2, 0.25) is 0 Å². The predicted molar refractivity (Wildman–Crippen MR) is 125 cm³/mol. The van der Waals surface area contributed by atoms with Crippen LogP contribution in [0.5, 0.6) is 0 Å². The number of fused-ring (bicyclic) bond motifs is 1. The molecule has 0 aliphatic carbocycles. The number of halogens is 2. The third-order valence-corrected chi connectivity index (χ3v) is 4.98. The van der Waals surface area contributed by atoms with Crippen LogP contribution in [0.3, 0.4) is 0 Å². The summed E-state index contributed by atoms with van der Waals surface area (Å²) in [4.78, 5) is 23.2. The molecule has 0 spiro atoms. The van der Waals surface area contributed by atoms with E-state index in [1.807, 2.05) is 63.2 Å². The fraction of sp³-hybridized carbons (Fsp3) is 0.217. The number of pyridine rings is 1.